The molecule has 1 aromatic carbocycles. The third kappa shape index (κ3) is 6.74. The van der Waals surface area contributed by atoms with Crippen molar-refractivity contribution in [3.8, 4) is 0 Å². The molecule has 0 saturated carbocycles. The molecule has 2 amide bonds. The summed E-state index contributed by atoms with van der Waals surface area (Å²) in [4.78, 5) is 23.4. The fraction of sp³-hybridized carbons (Fsp3) is 0.429. The summed E-state index contributed by atoms with van der Waals surface area (Å²) in [6, 6.07) is 7.26. The molecule has 0 aromatic heterocycles. The molecule has 0 aliphatic carbocycles. The molecule has 1 aliphatic heterocycles. The van der Waals surface area contributed by atoms with Crippen molar-refractivity contribution in [3.63, 3.8) is 0 Å². The molecule has 3 N–H and O–H groups in total. The number of amides is 2. The van der Waals surface area contributed by atoms with Crippen molar-refractivity contribution in [1.29, 1.82) is 0 Å². The van der Waals surface area contributed by atoms with Crippen molar-refractivity contribution in [2.75, 3.05) is 31.6 Å². The summed E-state index contributed by atoms with van der Waals surface area (Å²) >= 11 is 3.32. The summed E-state index contributed by atoms with van der Waals surface area (Å²) in [5.74, 6) is -0.414. The van der Waals surface area contributed by atoms with Gasteiger partial charge < -0.3 is 20.7 Å². The molecule has 1 fully saturated rings. The van der Waals surface area contributed by atoms with E-state index in [1.54, 1.807) is 12.1 Å². The van der Waals surface area contributed by atoms with Crippen LogP contribution in [0.25, 0.3) is 0 Å². The van der Waals surface area contributed by atoms with Crippen molar-refractivity contribution in [3.05, 3.63) is 28.7 Å². The number of carbonyl (C=O) groups is 2. The summed E-state index contributed by atoms with van der Waals surface area (Å²) in [5.41, 5.74) is 0.694. The van der Waals surface area contributed by atoms with Crippen LogP contribution in [0.2, 0.25) is 0 Å². The minimum Gasteiger partial charge on any atom is -0.378 e. The molecular weight excluding hydrogens is 374 g/mol. The van der Waals surface area contributed by atoms with Gasteiger partial charge in [-0.05, 0) is 24.3 Å². The Morgan fingerprint density at radius 3 is 2.64 bits per heavy atom. The number of benzene rings is 1. The maximum Gasteiger partial charge on any atom is 0.243 e. The summed E-state index contributed by atoms with van der Waals surface area (Å²) < 4.78 is 6.21. The number of rotatable bonds is 5. The number of nitrogens with one attached hydrogen (secondary N) is 3. The lowest BCUT2D eigenvalue weighted by atomic mass is 10.2. The highest BCUT2D eigenvalue weighted by molar-refractivity contribution is 9.10. The molecule has 1 heterocycles. The van der Waals surface area contributed by atoms with Crippen LogP contribution in [0.3, 0.4) is 0 Å². The number of hydrogen-bond donors (Lipinski definition) is 3. The molecule has 8 heteroatoms. The van der Waals surface area contributed by atoms with Crippen LogP contribution >= 0.6 is 28.3 Å². The van der Waals surface area contributed by atoms with Gasteiger partial charge >= 0.3 is 0 Å². The average Bonchev–Trinajstić information content (AvgIpc) is 2.49. The van der Waals surface area contributed by atoms with Crippen molar-refractivity contribution in [1.82, 2.24) is 10.6 Å². The van der Waals surface area contributed by atoms with Gasteiger partial charge in [0, 0.05) is 29.2 Å². The van der Waals surface area contributed by atoms with Crippen LogP contribution in [0.15, 0.2) is 28.7 Å². The third-order valence-corrected chi connectivity index (χ3v) is 3.53. The topological polar surface area (TPSA) is 79.5 Å². The molecule has 1 aliphatic rings. The Morgan fingerprint density at radius 2 is 2.00 bits per heavy atom. The number of anilines is 1. The van der Waals surface area contributed by atoms with E-state index in [4.69, 9.17) is 4.74 Å². The Hall–Kier alpha value is -1.15. The Kier molecular flexibility index (Phi) is 8.40. The van der Waals surface area contributed by atoms with Gasteiger partial charge in [-0.25, -0.2) is 0 Å². The normalized spacial score (nSPS) is 17.2. The van der Waals surface area contributed by atoms with E-state index in [-0.39, 0.29) is 36.8 Å². The van der Waals surface area contributed by atoms with E-state index < -0.39 is 0 Å². The van der Waals surface area contributed by atoms with Crippen molar-refractivity contribution >= 4 is 45.8 Å². The predicted octanol–water partition coefficient (Wildman–Crippen LogP) is 1.30. The average molecular weight is 393 g/mol. The summed E-state index contributed by atoms with van der Waals surface area (Å²) in [6.07, 6.45) is 0.311. The summed E-state index contributed by atoms with van der Waals surface area (Å²) in [7, 11) is 0. The maximum atomic E-state index is 11.7. The van der Waals surface area contributed by atoms with E-state index >= 15 is 0 Å². The van der Waals surface area contributed by atoms with Crippen molar-refractivity contribution < 1.29 is 14.3 Å². The van der Waals surface area contributed by atoms with Gasteiger partial charge in [-0.15, -0.1) is 12.4 Å². The Morgan fingerprint density at radius 1 is 1.27 bits per heavy atom. The molecular formula is C14H19BrClN3O3. The summed E-state index contributed by atoms with van der Waals surface area (Å²) in [6.45, 7) is 1.91. The van der Waals surface area contributed by atoms with E-state index in [1.165, 1.54) is 0 Å². The zero-order valence-electron chi connectivity index (χ0n) is 11.9. The molecule has 1 unspecified atom stereocenters. The van der Waals surface area contributed by atoms with Gasteiger partial charge in [0.15, 0.2) is 0 Å². The minimum atomic E-state index is -0.251. The lowest BCUT2D eigenvalue weighted by molar-refractivity contribution is -0.125. The van der Waals surface area contributed by atoms with Crippen LogP contribution in [0.1, 0.15) is 6.42 Å². The Labute approximate surface area is 143 Å². The van der Waals surface area contributed by atoms with Crippen LogP contribution in [0.4, 0.5) is 5.69 Å². The van der Waals surface area contributed by atoms with E-state index in [9.17, 15) is 9.59 Å². The molecule has 22 heavy (non-hydrogen) atoms. The molecule has 0 spiro atoms. The van der Waals surface area contributed by atoms with Gasteiger partial charge in [0.25, 0.3) is 0 Å². The van der Waals surface area contributed by atoms with Crippen LogP contribution in [-0.2, 0) is 14.3 Å². The van der Waals surface area contributed by atoms with E-state index in [2.05, 4.69) is 31.9 Å². The van der Waals surface area contributed by atoms with E-state index in [1.807, 2.05) is 12.1 Å². The van der Waals surface area contributed by atoms with E-state index in [0.29, 0.717) is 25.3 Å². The fourth-order valence-electron chi connectivity index (χ4n) is 1.96. The predicted molar refractivity (Wildman–Crippen MR) is 90.3 cm³/mol. The number of hydrogen-bond acceptors (Lipinski definition) is 4. The fourth-order valence-corrected chi connectivity index (χ4v) is 2.23. The maximum absolute atomic E-state index is 11.7. The van der Waals surface area contributed by atoms with Gasteiger partial charge in [0.1, 0.15) is 0 Å². The first-order valence-corrected chi connectivity index (χ1v) is 7.56. The lowest BCUT2D eigenvalue weighted by Crippen LogP contribution is -2.45. The molecule has 1 aromatic rings. The quantitative estimate of drug-likeness (QED) is 0.706. The van der Waals surface area contributed by atoms with Crippen LogP contribution in [0.5, 0.6) is 0 Å². The van der Waals surface area contributed by atoms with Gasteiger partial charge in [0.05, 0.1) is 19.8 Å². The standard InChI is InChI=1S/C14H18BrN3O3.ClH/c15-10-1-3-11(4-2-10)18-14(20)8-17-13(19)7-12-9-21-6-5-16-12;/h1-4,12,16H,5-9H2,(H,17,19)(H,18,20);1H. The summed E-state index contributed by atoms with van der Waals surface area (Å²) in [5, 5.41) is 8.51. The second-order valence-electron chi connectivity index (χ2n) is 4.76. The Bertz CT molecular complexity index is 493. The molecule has 122 valence electrons. The van der Waals surface area contributed by atoms with Crippen LogP contribution in [-0.4, -0.2) is 44.2 Å². The molecule has 1 atom stereocenters. The highest BCUT2D eigenvalue weighted by Crippen LogP contribution is 2.13. The van der Waals surface area contributed by atoms with Crippen molar-refractivity contribution in [2.24, 2.45) is 0 Å². The number of halogens is 2. The first-order chi connectivity index (χ1) is 10.1. The molecule has 6 nitrogen and oxygen atoms in total. The number of ether oxygens (including phenoxy) is 1. The van der Waals surface area contributed by atoms with Gasteiger partial charge in [-0.2, -0.15) is 0 Å². The first kappa shape index (κ1) is 18.9. The highest BCUT2D eigenvalue weighted by atomic mass is 79.9. The van der Waals surface area contributed by atoms with E-state index in [0.717, 1.165) is 11.0 Å². The molecule has 1 saturated heterocycles. The molecule has 0 bridgehead atoms. The van der Waals surface area contributed by atoms with Crippen molar-refractivity contribution in [2.45, 2.75) is 12.5 Å². The SMILES string of the molecule is Cl.O=C(CC1COCCN1)NCC(=O)Nc1ccc(Br)cc1. The van der Waals surface area contributed by atoms with Gasteiger partial charge in [-0.1, -0.05) is 15.9 Å². The zero-order chi connectivity index (χ0) is 15.1. The van der Waals surface area contributed by atoms with Crippen LogP contribution in [0, 0.1) is 0 Å². The molecule has 2 rings (SSSR count). The van der Waals surface area contributed by atoms with Gasteiger partial charge in [0.2, 0.25) is 11.8 Å². The zero-order valence-corrected chi connectivity index (χ0v) is 14.3. The second-order valence-corrected chi connectivity index (χ2v) is 5.68. The third-order valence-electron chi connectivity index (χ3n) is 3.00. The minimum absolute atomic E-state index is 0. The highest BCUT2D eigenvalue weighted by Gasteiger charge is 2.17. The lowest BCUT2D eigenvalue weighted by Gasteiger charge is -2.23. The largest absolute Gasteiger partial charge is 0.378 e. The second kappa shape index (κ2) is 9.78. The van der Waals surface area contributed by atoms with Gasteiger partial charge in [-0.3, -0.25) is 9.59 Å². The smallest absolute Gasteiger partial charge is 0.243 e. The molecule has 0 radical (unpaired) electrons. The monoisotopic (exact) mass is 391 g/mol. The van der Waals surface area contributed by atoms with Crippen LogP contribution < -0.4 is 16.0 Å². The first-order valence-electron chi connectivity index (χ1n) is 6.77. The number of morpholine rings is 1. The number of carbonyl (C=O) groups excluding carboxylic acids is 2. The Balaban J connectivity index is 0.00000242.